The van der Waals surface area contributed by atoms with Gasteiger partial charge in [-0.2, -0.15) is 0 Å². The fourth-order valence-corrected chi connectivity index (χ4v) is 1.55. The molecule has 3 heteroatoms. The smallest absolute Gasteiger partial charge is 0.122 e. The molecule has 1 aliphatic rings. The van der Waals surface area contributed by atoms with Crippen LogP contribution in [0, 0.1) is 5.92 Å². The second kappa shape index (κ2) is 5.33. The van der Waals surface area contributed by atoms with Crippen LogP contribution in [0.25, 0.3) is 0 Å². The summed E-state index contributed by atoms with van der Waals surface area (Å²) >= 11 is 0. The lowest BCUT2D eigenvalue weighted by Crippen LogP contribution is -2.11. The molecule has 3 nitrogen and oxygen atoms in total. The highest BCUT2D eigenvalue weighted by Crippen LogP contribution is 2.28. The fraction of sp³-hybridized carbons (Fsp3) is 0.667. The van der Waals surface area contributed by atoms with Crippen molar-refractivity contribution < 1.29 is 4.74 Å². The Balaban J connectivity index is 1.68. The molecule has 1 N–H and O–H groups in total. The summed E-state index contributed by atoms with van der Waals surface area (Å²) in [5, 5.41) is 3.31. The van der Waals surface area contributed by atoms with E-state index in [0.717, 1.165) is 25.6 Å². The molecule has 1 aromatic rings. The minimum Gasteiger partial charge on any atom is -0.361 e. The first-order valence-electron chi connectivity index (χ1n) is 5.81. The van der Waals surface area contributed by atoms with Crippen molar-refractivity contribution in [3.05, 3.63) is 24.0 Å². The zero-order valence-corrected chi connectivity index (χ0v) is 9.41. The van der Waals surface area contributed by atoms with Gasteiger partial charge in [-0.1, -0.05) is 6.92 Å². The third-order valence-electron chi connectivity index (χ3n) is 2.68. The molecule has 0 aromatic carbocycles. The van der Waals surface area contributed by atoms with E-state index in [9.17, 15) is 0 Å². The summed E-state index contributed by atoms with van der Waals surface area (Å²) in [5.41, 5.74) is 1.33. The second-order valence-electron chi connectivity index (χ2n) is 4.26. The van der Waals surface area contributed by atoms with E-state index in [2.05, 4.69) is 35.3 Å². The molecule has 84 valence electrons. The van der Waals surface area contributed by atoms with Crippen molar-refractivity contribution >= 4 is 0 Å². The van der Waals surface area contributed by atoms with Crippen molar-refractivity contribution in [3.63, 3.8) is 0 Å². The second-order valence-corrected chi connectivity index (χ2v) is 4.26. The first kappa shape index (κ1) is 10.7. The minimum absolute atomic E-state index is 0.697. The van der Waals surface area contributed by atoms with E-state index in [1.807, 2.05) is 0 Å². The van der Waals surface area contributed by atoms with E-state index in [-0.39, 0.29) is 0 Å². The van der Waals surface area contributed by atoms with E-state index in [0.29, 0.717) is 6.73 Å². The van der Waals surface area contributed by atoms with Crippen LogP contribution in [0.2, 0.25) is 0 Å². The molecule has 2 rings (SSSR count). The molecule has 0 bridgehead atoms. The lowest BCUT2D eigenvalue weighted by molar-refractivity contribution is 0.0692. The molecule has 0 unspecified atom stereocenters. The monoisotopic (exact) mass is 208 g/mol. The van der Waals surface area contributed by atoms with E-state index in [1.165, 1.54) is 18.4 Å². The Morgan fingerprint density at radius 3 is 3.13 bits per heavy atom. The highest BCUT2D eigenvalue weighted by molar-refractivity contribution is 5.09. The number of hydrogen-bond acceptors (Lipinski definition) is 2. The van der Waals surface area contributed by atoms with Crippen molar-refractivity contribution in [1.82, 2.24) is 9.88 Å². The van der Waals surface area contributed by atoms with Crippen LogP contribution in [0.4, 0.5) is 0 Å². The molecule has 0 amide bonds. The molecule has 1 saturated carbocycles. The largest absolute Gasteiger partial charge is 0.361 e. The Kier molecular flexibility index (Phi) is 3.80. The van der Waals surface area contributed by atoms with Crippen LogP contribution in [-0.4, -0.2) is 17.7 Å². The highest BCUT2D eigenvalue weighted by Gasteiger charge is 2.20. The molecular formula is C12H20N2O. The van der Waals surface area contributed by atoms with Gasteiger partial charge in [0.25, 0.3) is 0 Å². The predicted octanol–water partition coefficient (Wildman–Crippen LogP) is 1.98. The summed E-state index contributed by atoms with van der Waals surface area (Å²) < 4.78 is 7.71. The SMILES string of the molecule is CCNCc1ccn(COCC2CC2)c1. The van der Waals surface area contributed by atoms with Gasteiger partial charge in [-0.3, -0.25) is 0 Å². The fourth-order valence-electron chi connectivity index (χ4n) is 1.55. The molecule has 1 aromatic heterocycles. The lowest BCUT2D eigenvalue weighted by atomic mass is 10.3. The minimum atomic E-state index is 0.697. The van der Waals surface area contributed by atoms with Crippen molar-refractivity contribution in [3.8, 4) is 0 Å². The molecule has 0 atom stereocenters. The maximum absolute atomic E-state index is 5.60. The third kappa shape index (κ3) is 3.68. The quantitative estimate of drug-likeness (QED) is 0.741. The topological polar surface area (TPSA) is 26.2 Å². The predicted molar refractivity (Wildman–Crippen MR) is 60.5 cm³/mol. The highest BCUT2D eigenvalue weighted by atomic mass is 16.5. The van der Waals surface area contributed by atoms with Crippen LogP contribution in [0.1, 0.15) is 25.3 Å². The van der Waals surface area contributed by atoms with Gasteiger partial charge in [-0.15, -0.1) is 0 Å². The van der Waals surface area contributed by atoms with E-state index in [1.54, 1.807) is 0 Å². The van der Waals surface area contributed by atoms with Crippen molar-refractivity contribution in [2.45, 2.75) is 33.0 Å². The first-order valence-corrected chi connectivity index (χ1v) is 5.81. The first-order chi connectivity index (χ1) is 7.38. The summed E-state index contributed by atoms with van der Waals surface area (Å²) in [6.45, 7) is 5.72. The summed E-state index contributed by atoms with van der Waals surface area (Å²) in [5.74, 6) is 0.849. The third-order valence-corrected chi connectivity index (χ3v) is 2.68. The zero-order chi connectivity index (χ0) is 10.5. The Bertz CT molecular complexity index is 292. The van der Waals surface area contributed by atoms with Crippen LogP contribution in [0.3, 0.4) is 0 Å². The van der Waals surface area contributed by atoms with Crippen LogP contribution in [0.15, 0.2) is 18.5 Å². The normalized spacial score (nSPS) is 15.8. The van der Waals surface area contributed by atoms with Gasteiger partial charge in [0.2, 0.25) is 0 Å². The van der Waals surface area contributed by atoms with Crippen LogP contribution in [0.5, 0.6) is 0 Å². The van der Waals surface area contributed by atoms with Crippen molar-refractivity contribution in [2.24, 2.45) is 5.92 Å². The summed E-state index contributed by atoms with van der Waals surface area (Å²) in [6, 6.07) is 2.14. The van der Waals surface area contributed by atoms with Gasteiger partial charge >= 0.3 is 0 Å². The van der Waals surface area contributed by atoms with Gasteiger partial charge in [-0.25, -0.2) is 0 Å². The number of hydrogen-bond donors (Lipinski definition) is 1. The number of nitrogens with zero attached hydrogens (tertiary/aromatic N) is 1. The summed E-state index contributed by atoms with van der Waals surface area (Å²) in [4.78, 5) is 0. The molecule has 0 aliphatic heterocycles. The van der Waals surface area contributed by atoms with Gasteiger partial charge < -0.3 is 14.6 Å². The maximum Gasteiger partial charge on any atom is 0.122 e. The summed E-state index contributed by atoms with van der Waals surface area (Å²) in [7, 11) is 0. The zero-order valence-electron chi connectivity index (χ0n) is 9.41. The molecule has 1 heterocycles. The average Bonchev–Trinajstić information content (AvgIpc) is 2.95. The van der Waals surface area contributed by atoms with E-state index >= 15 is 0 Å². The Morgan fingerprint density at radius 2 is 2.40 bits per heavy atom. The van der Waals surface area contributed by atoms with Gasteiger partial charge in [0, 0.05) is 18.9 Å². The Morgan fingerprint density at radius 1 is 1.53 bits per heavy atom. The molecule has 15 heavy (non-hydrogen) atoms. The number of rotatable bonds is 7. The van der Waals surface area contributed by atoms with Crippen LogP contribution < -0.4 is 5.32 Å². The van der Waals surface area contributed by atoms with E-state index in [4.69, 9.17) is 4.74 Å². The van der Waals surface area contributed by atoms with Crippen molar-refractivity contribution in [1.29, 1.82) is 0 Å². The maximum atomic E-state index is 5.60. The number of ether oxygens (including phenoxy) is 1. The van der Waals surface area contributed by atoms with Gasteiger partial charge in [0.15, 0.2) is 0 Å². The van der Waals surface area contributed by atoms with Crippen molar-refractivity contribution in [2.75, 3.05) is 13.2 Å². The summed E-state index contributed by atoms with van der Waals surface area (Å²) in [6.07, 6.45) is 6.95. The molecule has 1 aliphatic carbocycles. The van der Waals surface area contributed by atoms with Crippen LogP contribution >= 0.6 is 0 Å². The van der Waals surface area contributed by atoms with Gasteiger partial charge in [-0.05, 0) is 36.9 Å². The lowest BCUT2D eigenvalue weighted by Gasteiger charge is -2.04. The molecule has 1 fully saturated rings. The number of nitrogens with one attached hydrogen (secondary N) is 1. The molecule has 0 saturated heterocycles. The molecular weight excluding hydrogens is 188 g/mol. The van der Waals surface area contributed by atoms with Crippen LogP contribution in [-0.2, 0) is 18.0 Å². The van der Waals surface area contributed by atoms with Gasteiger partial charge in [0.1, 0.15) is 6.73 Å². The Hall–Kier alpha value is -0.800. The molecule has 0 radical (unpaired) electrons. The standard InChI is InChI=1S/C12H20N2O/c1-2-13-7-12-5-6-14(8-12)10-15-9-11-3-4-11/h5-6,8,11,13H,2-4,7,9-10H2,1H3. The Labute approximate surface area is 91.4 Å². The molecule has 0 spiro atoms. The van der Waals surface area contributed by atoms with Gasteiger partial charge in [0.05, 0.1) is 6.61 Å². The average molecular weight is 208 g/mol. The number of aromatic nitrogens is 1. The van der Waals surface area contributed by atoms with E-state index < -0.39 is 0 Å².